The summed E-state index contributed by atoms with van der Waals surface area (Å²) in [5.41, 5.74) is 1.87. The Hall–Kier alpha value is -3.79. The third kappa shape index (κ3) is 5.55. The molecule has 0 spiro atoms. The van der Waals surface area contributed by atoms with Crippen LogP contribution < -0.4 is 14.8 Å². The molecule has 38 heavy (non-hydrogen) atoms. The Morgan fingerprint density at radius 3 is 2.13 bits per heavy atom. The Kier molecular flexibility index (Phi) is 8.41. The zero-order chi connectivity index (χ0) is 27.4. The van der Waals surface area contributed by atoms with E-state index in [0.717, 1.165) is 29.0 Å². The van der Waals surface area contributed by atoms with Crippen LogP contribution in [-0.2, 0) is 22.7 Å². The van der Waals surface area contributed by atoms with E-state index < -0.39 is 12.2 Å². The van der Waals surface area contributed by atoms with Crippen molar-refractivity contribution >= 4 is 17.8 Å². The van der Waals surface area contributed by atoms with E-state index in [0.29, 0.717) is 13.1 Å². The molecule has 10 heteroatoms. The Morgan fingerprint density at radius 1 is 1.00 bits per heavy atom. The molecule has 0 bridgehead atoms. The highest BCUT2D eigenvalue weighted by Crippen LogP contribution is 2.31. The number of fused-ring (bicyclic) bond motifs is 1. The monoisotopic (exact) mass is 523 g/mol. The van der Waals surface area contributed by atoms with E-state index in [-0.39, 0.29) is 36.9 Å². The van der Waals surface area contributed by atoms with Crippen LogP contribution in [0.5, 0.6) is 11.5 Å². The van der Waals surface area contributed by atoms with Gasteiger partial charge in [0.05, 0.1) is 27.3 Å². The van der Waals surface area contributed by atoms with Crippen LogP contribution in [0, 0.1) is 5.92 Å². The third-order valence-electron chi connectivity index (χ3n) is 7.40. The van der Waals surface area contributed by atoms with E-state index in [1.807, 2.05) is 62.4 Å². The second kappa shape index (κ2) is 11.7. The van der Waals surface area contributed by atoms with Crippen molar-refractivity contribution in [3.8, 4) is 11.5 Å². The summed E-state index contributed by atoms with van der Waals surface area (Å²) in [4.78, 5) is 43.9. The predicted molar refractivity (Wildman–Crippen MR) is 142 cm³/mol. The van der Waals surface area contributed by atoms with E-state index in [2.05, 4.69) is 5.32 Å². The number of piperazine rings is 1. The number of nitrogens with one attached hydrogen (secondary N) is 1. The highest BCUT2D eigenvalue weighted by Gasteiger charge is 2.51. The topological polar surface area (TPSA) is 94.7 Å². The number of benzene rings is 2. The number of likely N-dealkylation sites (N-methyl/N-ethyl adjacent to an activating group) is 1. The summed E-state index contributed by atoms with van der Waals surface area (Å²) in [5, 5.41) is 6.20. The maximum atomic E-state index is 13.7. The Morgan fingerprint density at radius 2 is 1.58 bits per heavy atom. The molecule has 0 saturated carbocycles. The van der Waals surface area contributed by atoms with Crippen LogP contribution in [0.3, 0.4) is 0 Å². The highest BCUT2D eigenvalue weighted by atomic mass is 16.5. The van der Waals surface area contributed by atoms with Gasteiger partial charge in [-0.25, -0.2) is 14.8 Å². The minimum absolute atomic E-state index is 0.0190. The highest BCUT2D eigenvalue weighted by molar-refractivity contribution is 5.91. The number of hydrogen-bond acceptors (Lipinski definition) is 6. The first-order valence-electron chi connectivity index (χ1n) is 12.9. The smallest absolute Gasteiger partial charge is 0.334 e. The molecule has 3 unspecified atom stereocenters. The lowest BCUT2D eigenvalue weighted by Crippen LogP contribution is -2.76. The van der Waals surface area contributed by atoms with Crippen LogP contribution in [-0.4, -0.2) is 84.2 Å². The van der Waals surface area contributed by atoms with Gasteiger partial charge in [-0.2, -0.15) is 0 Å². The molecule has 2 aromatic carbocycles. The Labute approximate surface area is 224 Å². The molecule has 10 nitrogen and oxygen atoms in total. The molecule has 2 aromatic rings. The van der Waals surface area contributed by atoms with Crippen molar-refractivity contribution in [1.82, 2.24) is 25.1 Å². The van der Waals surface area contributed by atoms with E-state index in [9.17, 15) is 14.4 Å². The zero-order valence-corrected chi connectivity index (χ0v) is 22.7. The van der Waals surface area contributed by atoms with Crippen LogP contribution >= 0.6 is 0 Å². The maximum Gasteiger partial charge on any atom is 0.334 e. The first kappa shape index (κ1) is 27.3. The molecule has 2 aliphatic heterocycles. The Balaban J connectivity index is 1.59. The fraction of sp³-hybridized carbons (Fsp3) is 0.464. The fourth-order valence-electron chi connectivity index (χ4n) is 5.09. The van der Waals surface area contributed by atoms with Gasteiger partial charge in [-0.15, -0.1) is 0 Å². The van der Waals surface area contributed by atoms with Gasteiger partial charge in [0.25, 0.3) is 0 Å². The lowest BCUT2D eigenvalue weighted by Gasteiger charge is -2.55. The van der Waals surface area contributed by atoms with Gasteiger partial charge in [-0.3, -0.25) is 9.59 Å². The van der Waals surface area contributed by atoms with Crippen molar-refractivity contribution in [2.24, 2.45) is 5.92 Å². The summed E-state index contributed by atoms with van der Waals surface area (Å²) >= 11 is 0. The number of carbonyl (C=O) groups excluding carboxylic acids is 3. The lowest BCUT2D eigenvalue weighted by molar-refractivity contribution is -0.190. The molecule has 204 valence electrons. The first-order valence-corrected chi connectivity index (χ1v) is 12.9. The number of hydrogen-bond donors (Lipinski definition) is 1. The number of urea groups is 1. The SMILES string of the molecule is CCC(C)C1C(=O)N(Cc2ccc(OC)cc2)CC2N1C(=O)CN(C)N2C(=O)NCc1ccc(OC)cc1. The van der Waals surface area contributed by atoms with Crippen molar-refractivity contribution < 1.29 is 23.9 Å². The first-order chi connectivity index (χ1) is 18.3. The molecule has 0 aliphatic carbocycles. The predicted octanol–water partition coefficient (Wildman–Crippen LogP) is 2.69. The van der Waals surface area contributed by atoms with Crippen molar-refractivity contribution in [2.45, 2.75) is 45.6 Å². The van der Waals surface area contributed by atoms with Gasteiger partial charge in [0, 0.05) is 20.1 Å². The minimum Gasteiger partial charge on any atom is -0.497 e. The molecule has 0 aromatic heterocycles. The standard InChI is InChI=1S/C28H37N5O5/c1-6-19(2)26-27(35)31(16-21-9-13-23(38-5)14-10-21)17-24-32(26)25(34)18-30(3)33(24)28(36)29-15-20-7-11-22(37-4)12-8-20/h7-14,19,24,26H,6,15-18H2,1-5H3,(H,29,36). The largest absolute Gasteiger partial charge is 0.497 e. The van der Waals surface area contributed by atoms with Crippen LogP contribution in [0.2, 0.25) is 0 Å². The molecule has 2 saturated heterocycles. The molecule has 2 fully saturated rings. The van der Waals surface area contributed by atoms with E-state index in [1.54, 1.807) is 41.1 Å². The van der Waals surface area contributed by atoms with E-state index in [4.69, 9.17) is 9.47 Å². The molecule has 1 N–H and O–H groups in total. The van der Waals surface area contributed by atoms with E-state index in [1.165, 1.54) is 0 Å². The van der Waals surface area contributed by atoms with Crippen LogP contribution in [0.1, 0.15) is 31.4 Å². The summed E-state index contributed by atoms with van der Waals surface area (Å²) in [7, 11) is 4.94. The van der Waals surface area contributed by atoms with Crippen LogP contribution in [0.15, 0.2) is 48.5 Å². The molecule has 2 aliphatic rings. The number of nitrogens with zero attached hydrogens (tertiary/aromatic N) is 4. The van der Waals surface area contributed by atoms with Gasteiger partial charge in [0.15, 0.2) is 0 Å². The van der Waals surface area contributed by atoms with Crippen molar-refractivity contribution in [2.75, 3.05) is 34.4 Å². The van der Waals surface area contributed by atoms with Crippen molar-refractivity contribution in [1.29, 1.82) is 0 Å². The number of ether oxygens (including phenoxy) is 2. The summed E-state index contributed by atoms with van der Waals surface area (Å²) in [6, 6.07) is 14.1. The van der Waals surface area contributed by atoms with Gasteiger partial charge < -0.3 is 24.6 Å². The summed E-state index contributed by atoms with van der Waals surface area (Å²) in [5.74, 6) is 1.16. The number of hydrazine groups is 1. The molecular weight excluding hydrogens is 486 g/mol. The fourth-order valence-corrected chi connectivity index (χ4v) is 5.09. The summed E-state index contributed by atoms with van der Waals surface area (Å²) in [6.07, 6.45) is 0.107. The Bertz CT molecular complexity index is 1140. The van der Waals surface area contributed by atoms with E-state index >= 15 is 0 Å². The molecule has 4 rings (SSSR count). The number of amides is 4. The summed E-state index contributed by atoms with van der Waals surface area (Å²) < 4.78 is 10.5. The van der Waals surface area contributed by atoms with Gasteiger partial charge >= 0.3 is 6.03 Å². The maximum absolute atomic E-state index is 13.7. The molecular formula is C28H37N5O5. The average Bonchev–Trinajstić information content (AvgIpc) is 2.93. The van der Waals surface area contributed by atoms with Crippen molar-refractivity contribution in [3.63, 3.8) is 0 Å². The second-order valence-corrected chi connectivity index (χ2v) is 9.85. The summed E-state index contributed by atoms with van der Waals surface area (Å²) in [6.45, 7) is 4.91. The second-order valence-electron chi connectivity index (χ2n) is 9.85. The lowest BCUT2D eigenvalue weighted by atomic mass is 9.92. The van der Waals surface area contributed by atoms with Gasteiger partial charge in [-0.1, -0.05) is 44.5 Å². The van der Waals surface area contributed by atoms with Gasteiger partial charge in [-0.05, 0) is 41.3 Å². The molecule has 3 atom stereocenters. The third-order valence-corrected chi connectivity index (χ3v) is 7.40. The molecule has 2 heterocycles. The average molecular weight is 524 g/mol. The normalized spacial score (nSPS) is 20.7. The minimum atomic E-state index is -0.643. The number of methoxy groups -OCH3 is 2. The zero-order valence-electron chi connectivity index (χ0n) is 22.7. The van der Waals surface area contributed by atoms with Crippen molar-refractivity contribution in [3.05, 3.63) is 59.7 Å². The van der Waals surface area contributed by atoms with Crippen LogP contribution in [0.25, 0.3) is 0 Å². The van der Waals surface area contributed by atoms with Gasteiger partial charge in [0.1, 0.15) is 23.7 Å². The van der Waals surface area contributed by atoms with Gasteiger partial charge in [0.2, 0.25) is 11.8 Å². The van der Waals surface area contributed by atoms with Crippen LogP contribution in [0.4, 0.5) is 4.79 Å². The quantitative estimate of drug-likeness (QED) is 0.572. The molecule has 0 radical (unpaired) electrons. The molecule has 4 amide bonds. The number of carbonyl (C=O) groups is 3. The number of rotatable bonds is 8.